The van der Waals surface area contributed by atoms with Crippen molar-refractivity contribution >= 4 is 44.9 Å². The van der Waals surface area contributed by atoms with Gasteiger partial charge >= 0.3 is 0 Å². The van der Waals surface area contributed by atoms with Crippen molar-refractivity contribution < 1.29 is 0 Å². The molecule has 0 saturated heterocycles. The Morgan fingerprint density at radius 3 is 3.00 bits per heavy atom. The van der Waals surface area contributed by atoms with E-state index in [2.05, 4.69) is 11.1 Å². The summed E-state index contributed by atoms with van der Waals surface area (Å²) in [5.41, 5.74) is 2.77. The van der Waals surface area contributed by atoms with Crippen molar-refractivity contribution in [2.45, 2.75) is 10.1 Å². The summed E-state index contributed by atoms with van der Waals surface area (Å²) in [6.07, 6.45) is 0. The van der Waals surface area contributed by atoms with Gasteiger partial charge in [0.15, 0.2) is 4.34 Å². The van der Waals surface area contributed by atoms with Crippen LogP contribution in [0.3, 0.4) is 0 Å². The molecular weight excluding hydrogens is 308 g/mol. The molecule has 0 saturated carbocycles. The zero-order chi connectivity index (χ0) is 13.9. The van der Waals surface area contributed by atoms with Gasteiger partial charge in [-0.2, -0.15) is 5.26 Å². The minimum atomic E-state index is 0.694. The zero-order valence-corrected chi connectivity index (χ0v) is 12.7. The standard InChI is InChI=1S/C15H9ClN2S2/c16-12-4-5-14-13(7-12)18-15(20-14)19-9-11-3-1-2-10(6-11)8-17/h1-7H,9H2. The molecule has 0 aliphatic rings. The van der Waals surface area contributed by atoms with Crippen LogP contribution in [0.15, 0.2) is 46.8 Å². The van der Waals surface area contributed by atoms with Crippen molar-refractivity contribution in [1.82, 2.24) is 4.98 Å². The van der Waals surface area contributed by atoms with Crippen LogP contribution in [0.25, 0.3) is 10.2 Å². The maximum absolute atomic E-state index is 8.89. The van der Waals surface area contributed by atoms with E-state index in [-0.39, 0.29) is 0 Å². The SMILES string of the molecule is N#Cc1cccc(CSc2nc3cc(Cl)ccc3s2)c1. The molecule has 3 rings (SSSR count). The normalized spacial score (nSPS) is 10.6. The van der Waals surface area contributed by atoms with Gasteiger partial charge in [-0.1, -0.05) is 35.5 Å². The first kappa shape index (κ1) is 13.4. The first-order valence-corrected chi connectivity index (χ1v) is 8.10. The molecule has 0 unspecified atom stereocenters. The van der Waals surface area contributed by atoms with Crippen molar-refractivity contribution in [1.29, 1.82) is 5.26 Å². The van der Waals surface area contributed by atoms with Crippen LogP contribution in [-0.2, 0) is 5.75 Å². The fourth-order valence-electron chi connectivity index (χ4n) is 1.82. The second-order valence-electron chi connectivity index (χ2n) is 4.19. The summed E-state index contributed by atoms with van der Waals surface area (Å²) in [7, 11) is 0. The second-order valence-corrected chi connectivity index (χ2v) is 6.88. The number of hydrogen-bond acceptors (Lipinski definition) is 4. The number of hydrogen-bond donors (Lipinski definition) is 0. The van der Waals surface area contributed by atoms with Crippen molar-refractivity contribution in [3.8, 4) is 6.07 Å². The van der Waals surface area contributed by atoms with Gasteiger partial charge in [-0.15, -0.1) is 11.3 Å². The summed E-state index contributed by atoms with van der Waals surface area (Å²) in [5, 5.41) is 9.60. The Hall–Kier alpha value is -1.54. The Morgan fingerprint density at radius 1 is 1.25 bits per heavy atom. The van der Waals surface area contributed by atoms with E-state index in [1.165, 1.54) is 0 Å². The van der Waals surface area contributed by atoms with Gasteiger partial charge in [0.1, 0.15) is 0 Å². The van der Waals surface area contributed by atoms with Crippen LogP contribution in [0.5, 0.6) is 0 Å². The van der Waals surface area contributed by atoms with Crippen LogP contribution in [0.2, 0.25) is 5.02 Å². The summed E-state index contributed by atoms with van der Waals surface area (Å²) in [6.45, 7) is 0. The molecule has 0 bridgehead atoms. The third-order valence-corrected chi connectivity index (χ3v) is 5.23. The van der Waals surface area contributed by atoms with E-state index in [4.69, 9.17) is 16.9 Å². The molecule has 0 aliphatic heterocycles. The van der Waals surface area contributed by atoms with E-state index in [0.717, 1.165) is 25.9 Å². The average molecular weight is 317 g/mol. The lowest BCUT2D eigenvalue weighted by molar-refractivity contribution is 1.29. The predicted molar refractivity (Wildman–Crippen MR) is 85.3 cm³/mol. The highest BCUT2D eigenvalue weighted by molar-refractivity contribution is 8.00. The van der Waals surface area contributed by atoms with Gasteiger partial charge in [-0.05, 0) is 35.9 Å². The number of thioether (sulfide) groups is 1. The van der Waals surface area contributed by atoms with Crippen LogP contribution in [0.1, 0.15) is 11.1 Å². The number of nitriles is 1. The molecule has 20 heavy (non-hydrogen) atoms. The quantitative estimate of drug-likeness (QED) is 0.630. The molecule has 0 radical (unpaired) electrons. The van der Waals surface area contributed by atoms with Gasteiger partial charge in [-0.25, -0.2) is 4.98 Å². The lowest BCUT2D eigenvalue weighted by atomic mass is 10.2. The molecule has 2 nitrogen and oxygen atoms in total. The number of nitrogens with zero attached hydrogens (tertiary/aromatic N) is 2. The van der Waals surface area contributed by atoms with Gasteiger partial charge in [0, 0.05) is 10.8 Å². The first-order chi connectivity index (χ1) is 9.74. The zero-order valence-electron chi connectivity index (χ0n) is 10.3. The third-order valence-electron chi connectivity index (χ3n) is 2.75. The minimum Gasteiger partial charge on any atom is -0.230 e. The molecule has 0 fully saturated rings. The van der Waals surface area contributed by atoms with E-state index in [0.29, 0.717) is 10.6 Å². The van der Waals surface area contributed by atoms with Crippen molar-refractivity contribution in [2.75, 3.05) is 0 Å². The van der Waals surface area contributed by atoms with Gasteiger partial charge in [0.05, 0.1) is 21.8 Å². The van der Waals surface area contributed by atoms with Gasteiger partial charge < -0.3 is 0 Å². The number of halogens is 1. The Morgan fingerprint density at radius 2 is 2.15 bits per heavy atom. The van der Waals surface area contributed by atoms with Gasteiger partial charge in [0.2, 0.25) is 0 Å². The molecule has 0 amide bonds. The van der Waals surface area contributed by atoms with E-state index in [1.807, 2.05) is 42.5 Å². The molecule has 0 spiro atoms. The summed E-state index contributed by atoms with van der Waals surface area (Å²) < 4.78 is 2.16. The molecule has 0 atom stereocenters. The number of thiazole rings is 1. The Balaban J connectivity index is 1.78. The average Bonchev–Trinajstić information content (AvgIpc) is 2.87. The smallest absolute Gasteiger partial charge is 0.151 e. The molecule has 3 aromatic rings. The van der Waals surface area contributed by atoms with Gasteiger partial charge in [-0.3, -0.25) is 0 Å². The molecule has 2 aromatic carbocycles. The predicted octanol–water partition coefficient (Wildman–Crippen LogP) is 5.11. The van der Waals surface area contributed by atoms with Crippen LogP contribution in [-0.4, -0.2) is 4.98 Å². The number of aromatic nitrogens is 1. The lowest BCUT2D eigenvalue weighted by Gasteiger charge is -1.98. The fourth-order valence-corrected chi connectivity index (χ4v) is 3.98. The summed E-state index contributed by atoms with van der Waals surface area (Å²) >= 11 is 9.30. The minimum absolute atomic E-state index is 0.694. The van der Waals surface area contributed by atoms with Gasteiger partial charge in [0.25, 0.3) is 0 Å². The monoisotopic (exact) mass is 316 g/mol. The van der Waals surface area contributed by atoms with E-state index in [9.17, 15) is 0 Å². The topological polar surface area (TPSA) is 36.7 Å². The highest BCUT2D eigenvalue weighted by Gasteiger charge is 2.05. The van der Waals surface area contributed by atoms with E-state index in [1.54, 1.807) is 23.1 Å². The van der Waals surface area contributed by atoms with Crippen LogP contribution < -0.4 is 0 Å². The van der Waals surface area contributed by atoms with Crippen LogP contribution >= 0.6 is 34.7 Å². The Bertz CT molecular complexity index is 805. The maximum atomic E-state index is 8.89. The van der Waals surface area contributed by atoms with Crippen molar-refractivity contribution in [3.63, 3.8) is 0 Å². The molecule has 0 N–H and O–H groups in total. The summed E-state index contributed by atoms with van der Waals surface area (Å²) in [5.74, 6) is 0.809. The first-order valence-electron chi connectivity index (χ1n) is 5.92. The third kappa shape index (κ3) is 2.96. The molecule has 1 aromatic heterocycles. The second kappa shape index (κ2) is 5.84. The maximum Gasteiger partial charge on any atom is 0.151 e. The molecule has 1 heterocycles. The highest BCUT2D eigenvalue weighted by Crippen LogP contribution is 2.32. The Labute approximate surface area is 130 Å². The van der Waals surface area contributed by atoms with Crippen LogP contribution in [0, 0.1) is 11.3 Å². The van der Waals surface area contributed by atoms with Crippen molar-refractivity contribution in [2.24, 2.45) is 0 Å². The fraction of sp³-hybridized carbons (Fsp3) is 0.0667. The molecule has 98 valence electrons. The van der Waals surface area contributed by atoms with E-state index < -0.39 is 0 Å². The molecule has 0 aliphatic carbocycles. The number of fused-ring (bicyclic) bond motifs is 1. The highest BCUT2D eigenvalue weighted by atomic mass is 35.5. The van der Waals surface area contributed by atoms with Crippen molar-refractivity contribution in [3.05, 3.63) is 58.6 Å². The lowest BCUT2D eigenvalue weighted by Crippen LogP contribution is -1.82. The number of rotatable bonds is 3. The molecule has 5 heteroatoms. The largest absolute Gasteiger partial charge is 0.230 e. The molecular formula is C15H9ClN2S2. The summed E-state index contributed by atoms with van der Waals surface area (Å²) in [4.78, 5) is 4.56. The Kier molecular flexibility index (Phi) is 3.93. The number of benzene rings is 2. The van der Waals surface area contributed by atoms with E-state index >= 15 is 0 Å². The van der Waals surface area contributed by atoms with Crippen LogP contribution in [0.4, 0.5) is 0 Å². The summed E-state index contributed by atoms with van der Waals surface area (Å²) in [6, 6.07) is 15.6.